The van der Waals surface area contributed by atoms with E-state index in [1.807, 2.05) is 0 Å². The Hall–Kier alpha value is -1.18. The van der Waals surface area contributed by atoms with Gasteiger partial charge in [0, 0.05) is 19.3 Å². The highest BCUT2D eigenvalue weighted by Gasteiger charge is 2.23. The molecule has 0 amide bonds. The minimum atomic E-state index is -3.91. The highest BCUT2D eigenvalue weighted by Crippen LogP contribution is 2.20. The Balaban J connectivity index is 3.17. The summed E-state index contributed by atoms with van der Waals surface area (Å²) in [5.74, 6) is -0.898. The molecule has 0 aliphatic heterocycles. The number of hydrogen-bond acceptors (Lipinski definition) is 4. The smallest absolute Gasteiger partial charge is 0.245 e. The van der Waals surface area contributed by atoms with E-state index in [0.29, 0.717) is 0 Å². The molecule has 0 aromatic heterocycles. The maximum atomic E-state index is 13.4. The van der Waals surface area contributed by atoms with Crippen LogP contribution < -0.4 is 5.73 Å². The van der Waals surface area contributed by atoms with Crippen molar-refractivity contribution in [1.82, 2.24) is 4.31 Å². The molecule has 1 aromatic rings. The zero-order chi connectivity index (χ0) is 12.3. The predicted molar refractivity (Wildman–Crippen MR) is 57.7 cm³/mol. The summed E-state index contributed by atoms with van der Waals surface area (Å²) < 4.78 is 37.9. The van der Waals surface area contributed by atoms with Gasteiger partial charge in [-0.05, 0) is 18.2 Å². The lowest BCUT2D eigenvalue weighted by atomic mass is 10.3. The van der Waals surface area contributed by atoms with Crippen LogP contribution in [0.15, 0.2) is 23.1 Å². The number of anilines is 1. The Morgan fingerprint density at radius 2 is 2.12 bits per heavy atom. The first-order chi connectivity index (χ1) is 7.39. The molecule has 0 spiro atoms. The van der Waals surface area contributed by atoms with Gasteiger partial charge in [0.05, 0.1) is 6.61 Å². The summed E-state index contributed by atoms with van der Waals surface area (Å²) in [6.07, 6.45) is 0. The van der Waals surface area contributed by atoms with Crippen LogP contribution in [-0.4, -0.2) is 38.0 Å². The molecule has 0 unspecified atom stereocenters. The van der Waals surface area contributed by atoms with Gasteiger partial charge in [0.15, 0.2) is 0 Å². The number of nitrogens with two attached hydrogens (primary N) is 1. The fraction of sp³-hybridized carbons (Fsp3) is 0.333. The SMILES string of the molecule is CN(CCO)S(=O)(=O)c1ccc(N)cc1F. The normalized spacial score (nSPS) is 12.0. The van der Waals surface area contributed by atoms with Crippen molar-refractivity contribution >= 4 is 15.7 Å². The minimum Gasteiger partial charge on any atom is -0.399 e. The molecule has 0 aliphatic rings. The fourth-order valence-electron chi connectivity index (χ4n) is 1.16. The van der Waals surface area contributed by atoms with Gasteiger partial charge in [-0.2, -0.15) is 4.31 Å². The summed E-state index contributed by atoms with van der Waals surface area (Å²) >= 11 is 0. The maximum absolute atomic E-state index is 13.4. The second kappa shape index (κ2) is 4.77. The fourth-order valence-corrected chi connectivity index (χ4v) is 2.36. The van der Waals surface area contributed by atoms with E-state index in [-0.39, 0.29) is 18.8 Å². The van der Waals surface area contributed by atoms with E-state index in [2.05, 4.69) is 0 Å². The molecular formula is C9H13FN2O3S. The molecule has 90 valence electrons. The minimum absolute atomic E-state index is 0.0911. The highest BCUT2D eigenvalue weighted by atomic mass is 32.2. The molecule has 0 bridgehead atoms. The third-order valence-electron chi connectivity index (χ3n) is 2.06. The standard InChI is InChI=1S/C9H13FN2O3S/c1-12(4-5-13)16(14,15)9-3-2-7(11)6-8(9)10/h2-3,6,13H,4-5,11H2,1H3. The Bertz CT molecular complexity index is 476. The number of nitrogen functional groups attached to an aromatic ring is 1. The number of sulfonamides is 1. The van der Waals surface area contributed by atoms with Gasteiger partial charge in [0.2, 0.25) is 10.0 Å². The van der Waals surface area contributed by atoms with Crippen LogP contribution in [0.1, 0.15) is 0 Å². The second-order valence-corrected chi connectivity index (χ2v) is 5.25. The highest BCUT2D eigenvalue weighted by molar-refractivity contribution is 7.89. The molecular weight excluding hydrogens is 235 g/mol. The lowest BCUT2D eigenvalue weighted by molar-refractivity contribution is 0.266. The van der Waals surface area contributed by atoms with Gasteiger partial charge in [0.1, 0.15) is 10.7 Å². The monoisotopic (exact) mass is 248 g/mol. The van der Waals surface area contributed by atoms with Crippen LogP contribution in [0.3, 0.4) is 0 Å². The number of likely N-dealkylation sites (N-methyl/N-ethyl adjacent to an activating group) is 1. The molecule has 5 nitrogen and oxygen atoms in total. The molecule has 1 aromatic carbocycles. The molecule has 0 aliphatic carbocycles. The van der Waals surface area contributed by atoms with Gasteiger partial charge >= 0.3 is 0 Å². The third-order valence-corrected chi connectivity index (χ3v) is 3.95. The van der Waals surface area contributed by atoms with Crippen LogP contribution in [0.2, 0.25) is 0 Å². The van der Waals surface area contributed by atoms with Crippen LogP contribution in [-0.2, 0) is 10.0 Å². The quantitative estimate of drug-likeness (QED) is 0.736. The molecule has 7 heteroatoms. The van der Waals surface area contributed by atoms with Gasteiger partial charge in [-0.1, -0.05) is 0 Å². The first-order valence-corrected chi connectivity index (χ1v) is 5.96. The summed E-state index contributed by atoms with van der Waals surface area (Å²) in [5, 5.41) is 8.64. The summed E-state index contributed by atoms with van der Waals surface area (Å²) in [4.78, 5) is -0.447. The molecule has 0 fully saturated rings. The number of aliphatic hydroxyl groups excluding tert-OH is 1. The van der Waals surface area contributed by atoms with E-state index < -0.39 is 20.7 Å². The van der Waals surface area contributed by atoms with Gasteiger partial charge in [-0.3, -0.25) is 0 Å². The number of nitrogens with zero attached hydrogens (tertiary/aromatic N) is 1. The molecule has 0 heterocycles. The summed E-state index contributed by atoms with van der Waals surface area (Å²) in [5.41, 5.74) is 5.47. The molecule has 0 atom stereocenters. The molecule has 3 N–H and O–H groups in total. The lowest BCUT2D eigenvalue weighted by Gasteiger charge is -2.16. The Kier molecular flexibility index (Phi) is 3.84. The average molecular weight is 248 g/mol. The van der Waals surface area contributed by atoms with Crippen LogP contribution >= 0.6 is 0 Å². The van der Waals surface area contributed by atoms with Gasteiger partial charge < -0.3 is 10.8 Å². The summed E-state index contributed by atoms with van der Waals surface area (Å²) in [6, 6.07) is 3.36. The summed E-state index contributed by atoms with van der Waals surface area (Å²) in [6.45, 7) is -0.418. The largest absolute Gasteiger partial charge is 0.399 e. The Labute approximate surface area is 93.3 Å². The number of benzene rings is 1. The summed E-state index contributed by atoms with van der Waals surface area (Å²) in [7, 11) is -2.64. The average Bonchev–Trinajstić information content (AvgIpc) is 2.17. The molecule has 0 saturated carbocycles. The van der Waals surface area contributed by atoms with Crippen molar-refractivity contribution in [3.05, 3.63) is 24.0 Å². The lowest BCUT2D eigenvalue weighted by Crippen LogP contribution is -2.30. The number of halogens is 1. The van der Waals surface area contributed by atoms with Crippen molar-refractivity contribution in [2.45, 2.75) is 4.90 Å². The van der Waals surface area contributed by atoms with Gasteiger partial charge in [-0.15, -0.1) is 0 Å². The molecule has 1 rings (SSSR count). The van der Waals surface area contributed by atoms with Crippen molar-refractivity contribution in [3.8, 4) is 0 Å². The van der Waals surface area contributed by atoms with Crippen molar-refractivity contribution in [2.24, 2.45) is 0 Å². The van der Waals surface area contributed by atoms with E-state index in [1.165, 1.54) is 13.1 Å². The molecule has 0 radical (unpaired) electrons. The van der Waals surface area contributed by atoms with E-state index >= 15 is 0 Å². The van der Waals surface area contributed by atoms with Crippen molar-refractivity contribution < 1.29 is 17.9 Å². The molecule has 0 saturated heterocycles. The van der Waals surface area contributed by atoms with Gasteiger partial charge in [-0.25, -0.2) is 12.8 Å². The van der Waals surface area contributed by atoms with Crippen molar-refractivity contribution in [1.29, 1.82) is 0 Å². The third kappa shape index (κ3) is 2.49. The molecule has 16 heavy (non-hydrogen) atoms. The van der Waals surface area contributed by atoms with Gasteiger partial charge in [0.25, 0.3) is 0 Å². The predicted octanol–water partition coefficient (Wildman–Crippen LogP) is 0.0207. The van der Waals surface area contributed by atoms with Crippen molar-refractivity contribution in [3.63, 3.8) is 0 Å². The Morgan fingerprint density at radius 3 is 2.62 bits per heavy atom. The maximum Gasteiger partial charge on any atom is 0.245 e. The van der Waals surface area contributed by atoms with E-state index in [0.717, 1.165) is 16.4 Å². The number of aliphatic hydroxyl groups is 1. The van der Waals surface area contributed by atoms with Crippen LogP contribution in [0, 0.1) is 5.82 Å². The van der Waals surface area contributed by atoms with Crippen LogP contribution in [0.25, 0.3) is 0 Å². The zero-order valence-corrected chi connectivity index (χ0v) is 9.54. The first kappa shape index (κ1) is 12.9. The van der Waals surface area contributed by atoms with E-state index in [9.17, 15) is 12.8 Å². The Morgan fingerprint density at radius 1 is 1.50 bits per heavy atom. The first-order valence-electron chi connectivity index (χ1n) is 4.52. The second-order valence-electron chi connectivity index (χ2n) is 3.24. The topological polar surface area (TPSA) is 83.6 Å². The van der Waals surface area contributed by atoms with Crippen molar-refractivity contribution in [2.75, 3.05) is 25.9 Å². The zero-order valence-electron chi connectivity index (χ0n) is 8.72. The van der Waals surface area contributed by atoms with E-state index in [1.54, 1.807) is 0 Å². The number of hydrogen-bond donors (Lipinski definition) is 2. The number of rotatable bonds is 4. The van der Waals surface area contributed by atoms with Crippen LogP contribution in [0.4, 0.5) is 10.1 Å². The van der Waals surface area contributed by atoms with Crippen LogP contribution in [0.5, 0.6) is 0 Å². The van der Waals surface area contributed by atoms with E-state index in [4.69, 9.17) is 10.8 Å².